The molecule has 0 amide bonds. The van der Waals surface area contributed by atoms with Crippen LogP contribution >= 0.6 is 0 Å². The van der Waals surface area contributed by atoms with Crippen LogP contribution in [0.2, 0.25) is 0 Å². The van der Waals surface area contributed by atoms with Crippen LogP contribution in [0.5, 0.6) is 0 Å². The summed E-state index contributed by atoms with van der Waals surface area (Å²) in [6.07, 6.45) is 2.78. The molecule has 6 nitrogen and oxygen atoms in total. The highest BCUT2D eigenvalue weighted by molar-refractivity contribution is 7.92. The number of nitrogens with one attached hydrogen (secondary N) is 2. The van der Waals surface area contributed by atoms with Crippen molar-refractivity contribution in [1.82, 2.24) is 0 Å². The molecule has 0 aliphatic heterocycles. The lowest BCUT2D eigenvalue weighted by atomic mass is 10.0. The Morgan fingerprint density at radius 1 is 0.848 bits per heavy atom. The van der Waals surface area contributed by atoms with Crippen molar-refractivity contribution in [2.45, 2.75) is 39.2 Å². The molecule has 0 spiro atoms. The van der Waals surface area contributed by atoms with Crippen LogP contribution in [0, 0.1) is 0 Å². The number of carbonyl (C=O) groups is 1. The fraction of sp³-hybridized carbons (Fsp3) is 0.269. The van der Waals surface area contributed by atoms with Gasteiger partial charge in [0.05, 0.1) is 23.2 Å². The zero-order valence-electron chi connectivity index (χ0n) is 19.4. The van der Waals surface area contributed by atoms with Crippen molar-refractivity contribution >= 4 is 33.1 Å². The summed E-state index contributed by atoms with van der Waals surface area (Å²) in [6, 6.07) is 22.8. The molecular formula is C26H30N2O4S. The van der Waals surface area contributed by atoms with E-state index in [0.29, 0.717) is 22.6 Å². The minimum Gasteiger partial charge on any atom is -0.456 e. The van der Waals surface area contributed by atoms with Gasteiger partial charge in [0.15, 0.2) is 0 Å². The highest BCUT2D eigenvalue weighted by atomic mass is 32.2. The molecule has 0 radical (unpaired) electrons. The van der Waals surface area contributed by atoms with Crippen molar-refractivity contribution in [3.63, 3.8) is 0 Å². The average molecular weight is 467 g/mol. The quantitative estimate of drug-likeness (QED) is 0.426. The fourth-order valence-corrected chi connectivity index (χ4v) is 3.88. The molecule has 0 aliphatic rings. The van der Waals surface area contributed by atoms with Crippen LogP contribution in [-0.2, 0) is 27.6 Å². The van der Waals surface area contributed by atoms with E-state index >= 15 is 0 Å². The lowest BCUT2D eigenvalue weighted by Gasteiger charge is -2.21. The minimum absolute atomic E-state index is 0.412. The van der Waals surface area contributed by atoms with Gasteiger partial charge in [-0.3, -0.25) is 4.72 Å². The minimum atomic E-state index is -3.40. The summed E-state index contributed by atoms with van der Waals surface area (Å²) < 4.78 is 31.2. The summed E-state index contributed by atoms with van der Waals surface area (Å²) >= 11 is 0. The van der Waals surface area contributed by atoms with Crippen molar-refractivity contribution in [3.8, 4) is 0 Å². The van der Waals surface area contributed by atoms with Crippen LogP contribution in [-0.4, -0.2) is 26.2 Å². The summed E-state index contributed by atoms with van der Waals surface area (Å²) in [5.41, 5.74) is 3.78. The molecule has 0 unspecified atom stereocenters. The maximum absolute atomic E-state index is 12.9. The van der Waals surface area contributed by atoms with Crippen molar-refractivity contribution in [2.75, 3.05) is 16.3 Å². The van der Waals surface area contributed by atoms with Gasteiger partial charge in [-0.1, -0.05) is 42.5 Å². The second kappa shape index (κ2) is 10.1. The Labute approximate surface area is 196 Å². The molecule has 0 aliphatic carbocycles. The lowest BCUT2D eigenvalue weighted by Crippen LogP contribution is -2.24. The third-order valence-electron chi connectivity index (χ3n) is 4.69. The zero-order chi connectivity index (χ0) is 24.1. The van der Waals surface area contributed by atoms with Gasteiger partial charge < -0.3 is 10.1 Å². The van der Waals surface area contributed by atoms with E-state index in [-0.39, 0.29) is 0 Å². The van der Waals surface area contributed by atoms with E-state index in [0.717, 1.165) is 24.7 Å². The summed E-state index contributed by atoms with van der Waals surface area (Å²) in [7, 11) is -3.40. The van der Waals surface area contributed by atoms with Crippen LogP contribution < -0.4 is 10.0 Å². The van der Waals surface area contributed by atoms with Gasteiger partial charge >= 0.3 is 5.97 Å². The largest absolute Gasteiger partial charge is 0.456 e. The number of anilines is 3. The van der Waals surface area contributed by atoms with Gasteiger partial charge in [0.1, 0.15) is 5.60 Å². The third-order valence-corrected chi connectivity index (χ3v) is 5.30. The number of esters is 1. The highest BCUT2D eigenvalue weighted by Gasteiger charge is 2.21. The number of rotatable bonds is 8. The van der Waals surface area contributed by atoms with Gasteiger partial charge in [0.2, 0.25) is 10.0 Å². The van der Waals surface area contributed by atoms with Crippen molar-refractivity contribution in [2.24, 2.45) is 0 Å². The molecule has 0 fully saturated rings. The highest BCUT2D eigenvalue weighted by Crippen LogP contribution is 2.27. The van der Waals surface area contributed by atoms with Crippen molar-refractivity contribution < 1.29 is 17.9 Å². The summed E-state index contributed by atoms with van der Waals surface area (Å²) in [5, 5.41) is 3.27. The second-order valence-corrected chi connectivity index (χ2v) is 10.7. The number of ether oxygens (including phenoxy) is 1. The van der Waals surface area contributed by atoms with Crippen LogP contribution in [0.3, 0.4) is 0 Å². The van der Waals surface area contributed by atoms with Gasteiger partial charge in [-0.2, -0.15) is 0 Å². The summed E-state index contributed by atoms with van der Waals surface area (Å²) in [4.78, 5) is 12.9. The van der Waals surface area contributed by atoms with E-state index in [9.17, 15) is 13.2 Å². The topological polar surface area (TPSA) is 84.5 Å². The molecule has 3 aromatic carbocycles. The fourth-order valence-electron chi connectivity index (χ4n) is 3.32. The molecule has 174 valence electrons. The Bertz CT molecular complexity index is 1220. The van der Waals surface area contributed by atoms with Gasteiger partial charge in [0.25, 0.3) is 0 Å². The molecule has 3 aromatic rings. The number of hydrogen-bond donors (Lipinski definition) is 2. The molecule has 0 heterocycles. The first-order valence-corrected chi connectivity index (χ1v) is 12.6. The van der Waals surface area contributed by atoms with Crippen molar-refractivity contribution in [1.29, 1.82) is 0 Å². The first-order valence-electron chi connectivity index (χ1n) is 10.7. The van der Waals surface area contributed by atoms with Gasteiger partial charge in [-0.25, -0.2) is 13.2 Å². The summed E-state index contributed by atoms with van der Waals surface area (Å²) in [5.74, 6) is -0.426. The number of benzene rings is 3. The first-order chi connectivity index (χ1) is 15.5. The average Bonchev–Trinajstić information content (AvgIpc) is 2.71. The Kier molecular flexibility index (Phi) is 7.43. The predicted molar refractivity (Wildman–Crippen MR) is 134 cm³/mol. The van der Waals surface area contributed by atoms with E-state index in [4.69, 9.17) is 4.74 Å². The molecular weight excluding hydrogens is 436 g/mol. The maximum Gasteiger partial charge on any atom is 0.340 e. The van der Waals surface area contributed by atoms with E-state index < -0.39 is 21.6 Å². The Balaban J connectivity index is 1.90. The number of hydrogen-bond acceptors (Lipinski definition) is 5. The smallest absolute Gasteiger partial charge is 0.340 e. The molecule has 33 heavy (non-hydrogen) atoms. The van der Waals surface area contributed by atoms with Crippen LogP contribution in [0.4, 0.5) is 17.1 Å². The van der Waals surface area contributed by atoms with E-state index in [2.05, 4.69) is 22.2 Å². The molecule has 2 N–H and O–H groups in total. The maximum atomic E-state index is 12.9. The molecule has 0 atom stereocenters. The molecule has 0 saturated heterocycles. The Morgan fingerprint density at radius 2 is 1.52 bits per heavy atom. The number of carbonyl (C=O) groups excluding carboxylic acids is 1. The third kappa shape index (κ3) is 7.95. The number of sulfonamides is 1. The standard InChI is InChI=1S/C26H30N2O4S/c1-26(2,3)32-25(29)23-16-15-20(14-13-19-9-6-5-7-10-19)17-24(23)27-21-11-8-12-22(18-21)28-33(4,30)31/h5-12,15-18,27-28H,13-14H2,1-4H3. The van der Waals surface area contributed by atoms with Crippen molar-refractivity contribution in [3.05, 3.63) is 89.5 Å². The Hall–Kier alpha value is -3.32. The Morgan fingerprint density at radius 3 is 2.18 bits per heavy atom. The van der Waals surface area contributed by atoms with Gasteiger partial charge in [-0.15, -0.1) is 0 Å². The van der Waals surface area contributed by atoms with Crippen LogP contribution in [0.1, 0.15) is 42.3 Å². The van der Waals surface area contributed by atoms with E-state index in [1.807, 2.05) is 57.2 Å². The normalized spacial score (nSPS) is 11.6. The number of aryl methyl sites for hydroxylation is 2. The van der Waals surface area contributed by atoms with Crippen LogP contribution in [0.25, 0.3) is 0 Å². The lowest BCUT2D eigenvalue weighted by molar-refractivity contribution is 0.00707. The molecule has 7 heteroatoms. The SMILES string of the molecule is CC(C)(C)OC(=O)c1ccc(CCc2ccccc2)cc1Nc1cccc(NS(C)(=O)=O)c1. The molecule has 0 bridgehead atoms. The molecule has 0 aromatic heterocycles. The zero-order valence-corrected chi connectivity index (χ0v) is 20.2. The van der Waals surface area contributed by atoms with Crippen LogP contribution in [0.15, 0.2) is 72.8 Å². The second-order valence-electron chi connectivity index (χ2n) is 8.95. The molecule has 0 saturated carbocycles. The van der Waals surface area contributed by atoms with Gasteiger partial charge in [-0.05, 0) is 75.1 Å². The predicted octanol–water partition coefficient (Wildman–Crippen LogP) is 5.54. The van der Waals surface area contributed by atoms with E-state index in [1.54, 1.807) is 24.3 Å². The van der Waals surface area contributed by atoms with E-state index in [1.165, 1.54) is 5.56 Å². The summed E-state index contributed by atoms with van der Waals surface area (Å²) in [6.45, 7) is 5.48. The van der Waals surface area contributed by atoms with Gasteiger partial charge in [0, 0.05) is 5.69 Å². The monoisotopic (exact) mass is 466 g/mol. The molecule has 3 rings (SSSR count). The first kappa shape index (κ1) is 24.3.